The summed E-state index contributed by atoms with van der Waals surface area (Å²) in [4.78, 5) is 28.1. The average Bonchev–Trinajstić information content (AvgIpc) is 2.94. The minimum atomic E-state index is -0.514. The molecule has 0 aromatic heterocycles. The number of hydroxylamine groups is 1. The lowest BCUT2D eigenvalue weighted by molar-refractivity contribution is -0.147. The molecule has 2 aromatic rings. The third-order valence-electron chi connectivity index (χ3n) is 4.49. The number of nitrogens with zero attached hydrogens (tertiary/aromatic N) is 1. The molecule has 0 saturated carbocycles. The van der Waals surface area contributed by atoms with Crippen molar-refractivity contribution in [3.8, 4) is 11.1 Å². The zero-order valence-electron chi connectivity index (χ0n) is 15.0. The van der Waals surface area contributed by atoms with E-state index >= 15 is 0 Å². The second kappa shape index (κ2) is 7.09. The molecule has 0 fully saturated rings. The maximum atomic E-state index is 11.8. The van der Waals surface area contributed by atoms with Gasteiger partial charge in [0.2, 0.25) is 0 Å². The maximum absolute atomic E-state index is 11.8. The molecule has 0 N–H and O–H groups in total. The highest BCUT2D eigenvalue weighted by Crippen LogP contribution is 2.39. The van der Waals surface area contributed by atoms with Gasteiger partial charge in [-0.15, -0.1) is 5.06 Å². The molecule has 0 spiro atoms. The van der Waals surface area contributed by atoms with Gasteiger partial charge >= 0.3 is 5.97 Å². The van der Waals surface area contributed by atoms with Gasteiger partial charge in [0.25, 0.3) is 5.91 Å². The van der Waals surface area contributed by atoms with Gasteiger partial charge in [-0.3, -0.25) is 4.79 Å². The molecule has 25 heavy (non-hydrogen) atoms. The lowest BCUT2D eigenvalue weighted by atomic mass is 10.0. The zero-order chi connectivity index (χ0) is 18.0. The highest BCUT2D eigenvalue weighted by Gasteiger charge is 2.22. The standard InChI is InChI=1S/C21H23NO3/c1-4-5-6-16-7-9-20-17(11-16)12-18-13-19(8-10-21(18)20)22(14(2)23)25-15(3)24/h7-11,13H,4-6,12H2,1-3H3. The Balaban J connectivity index is 1.89. The normalized spacial score (nSPS) is 11.6. The van der Waals surface area contributed by atoms with E-state index < -0.39 is 5.97 Å². The summed E-state index contributed by atoms with van der Waals surface area (Å²) < 4.78 is 0. The third kappa shape index (κ3) is 3.58. The number of carbonyl (C=O) groups is 2. The molecule has 0 radical (unpaired) electrons. The van der Waals surface area contributed by atoms with Crippen LogP contribution in [0.4, 0.5) is 5.69 Å². The van der Waals surface area contributed by atoms with Crippen molar-refractivity contribution in [1.29, 1.82) is 0 Å². The summed E-state index contributed by atoms with van der Waals surface area (Å²) in [5, 5.41) is 1.05. The van der Waals surface area contributed by atoms with E-state index in [4.69, 9.17) is 4.84 Å². The topological polar surface area (TPSA) is 46.6 Å². The van der Waals surface area contributed by atoms with Crippen molar-refractivity contribution in [1.82, 2.24) is 0 Å². The average molecular weight is 337 g/mol. The van der Waals surface area contributed by atoms with Crippen molar-refractivity contribution < 1.29 is 14.4 Å². The van der Waals surface area contributed by atoms with Crippen LogP contribution < -0.4 is 5.06 Å². The highest BCUT2D eigenvalue weighted by atomic mass is 16.7. The molecule has 2 aromatic carbocycles. The summed E-state index contributed by atoms with van der Waals surface area (Å²) in [5.41, 5.74) is 6.87. The molecule has 4 heteroatoms. The first-order valence-electron chi connectivity index (χ1n) is 8.74. The minimum Gasteiger partial charge on any atom is -0.334 e. The van der Waals surface area contributed by atoms with E-state index in [2.05, 4.69) is 25.1 Å². The van der Waals surface area contributed by atoms with Gasteiger partial charge in [0, 0.05) is 13.8 Å². The Labute approximate surface area is 148 Å². The van der Waals surface area contributed by atoms with Crippen LogP contribution in [0, 0.1) is 0 Å². The molecular weight excluding hydrogens is 314 g/mol. The fourth-order valence-corrected chi connectivity index (χ4v) is 3.34. The Morgan fingerprint density at radius 2 is 1.72 bits per heavy atom. The number of unbranched alkanes of at least 4 members (excludes halogenated alkanes) is 1. The Hall–Kier alpha value is -2.62. The molecule has 130 valence electrons. The Morgan fingerprint density at radius 1 is 1.04 bits per heavy atom. The SMILES string of the molecule is CCCCc1ccc2c(c1)Cc1cc(N(OC(C)=O)C(C)=O)ccc1-2. The second-order valence-corrected chi connectivity index (χ2v) is 6.51. The Bertz CT molecular complexity index is 826. The van der Waals surface area contributed by atoms with E-state index in [-0.39, 0.29) is 5.91 Å². The predicted octanol–water partition coefficient (Wildman–Crippen LogP) is 4.43. The van der Waals surface area contributed by atoms with Crippen LogP contribution in [0.5, 0.6) is 0 Å². The highest BCUT2D eigenvalue weighted by molar-refractivity contribution is 5.92. The van der Waals surface area contributed by atoms with E-state index in [1.165, 1.54) is 48.9 Å². The Morgan fingerprint density at radius 3 is 2.36 bits per heavy atom. The van der Waals surface area contributed by atoms with Crippen molar-refractivity contribution >= 4 is 17.6 Å². The Kier molecular flexibility index (Phi) is 4.88. The molecule has 1 aliphatic rings. The first-order valence-corrected chi connectivity index (χ1v) is 8.74. The molecule has 1 aliphatic carbocycles. The van der Waals surface area contributed by atoms with Gasteiger partial charge in [0.1, 0.15) is 0 Å². The van der Waals surface area contributed by atoms with Gasteiger partial charge in [-0.25, -0.2) is 4.79 Å². The lowest BCUT2D eigenvalue weighted by Gasteiger charge is -2.19. The number of aryl methyl sites for hydroxylation is 1. The number of amides is 1. The zero-order valence-corrected chi connectivity index (χ0v) is 15.0. The first-order chi connectivity index (χ1) is 12.0. The van der Waals surface area contributed by atoms with Gasteiger partial charge in [-0.2, -0.15) is 0 Å². The van der Waals surface area contributed by atoms with E-state index in [1.807, 2.05) is 18.2 Å². The second-order valence-electron chi connectivity index (χ2n) is 6.51. The molecule has 0 bridgehead atoms. The predicted molar refractivity (Wildman–Crippen MR) is 98.2 cm³/mol. The summed E-state index contributed by atoms with van der Waals surface area (Å²) in [6.45, 7) is 4.87. The number of hydrogen-bond acceptors (Lipinski definition) is 3. The number of benzene rings is 2. The van der Waals surface area contributed by atoms with Crippen LogP contribution in [0.2, 0.25) is 0 Å². The monoisotopic (exact) mass is 337 g/mol. The van der Waals surface area contributed by atoms with Crippen molar-refractivity contribution in [3.63, 3.8) is 0 Å². The van der Waals surface area contributed by atoms with Crippen LogP contribution >= 0.6 is 0 Å². The molecule has 4 nitrogen and oxygen atoms in total. The van der Waals surface area contributed by atoms with E-state index in [0.717, 1.165) is 23.5 Å². The molecule has 0 atom stereocenters. The molecule has 0 unspecified atom stereocenters. The first kappa shape index (κ1) is 17.2. The van der Waals surface area contributed by atoms with Gasteiger partial charge in [0.05, 0.1) is 5.69 Å². The van der Waals surface area contributed by atoms with Gasteiger partial charge in [0.15, 0.2) is 0 Å². The van der Waals surface area contributed by atoms with Crippen molar-refractivity contribution in [2.45, 2.75) is 46.5 Å². The van der Waals surface area contributed by atoms with Gasteiger partial charge in [-0.05, 0) is 59.2 Å². The summed E-state index contributed by atoms with van der Waals surface area (Å²) in [6, 6.07) is 12.5. The smallest absolute Gasteiger partial charge is 0.330 e. The van der Waals surface area contributed by atoms with Crippen LogP contribution in [0.3, 0.4) is 0 Å². The molecular formula is C21H23NO3. The van der Waals surface area contributed by atoms with E-state index in [9.17, 15) is 9.59 Å². The molecule has 3 rings (SSSR count). The number of carbonyl (C=O) groups excluding carboxylic acids is 2. The van der Waals surface area contributed by atoms with Crippen LogP contribution in [-0.2, 0) is 27.3 Å². The van der Waals surface area contributed by atoms with Gasteiger partial charge < -0.3 is 4.84 Å². The van der Waals surface area contributed by atoms with Crippen molar-refractivity contribution in [2.24, 2.45) is 0 Å². The maximum Gasteiger partial charge on any atom is 0.330 e. The molecule has 0 aliphatic heterocycles. The van der Waals surface area contributed by atoms with Crippen molar-refractivity contribution in [2.75, 3.05) is 5.06 Å². The summed E-state index contributed by atoms with van der Waals surface area (Å²) >= 11 is 0. The number of anilines is 1. The molecule has 0 heterocycles. The van der Waals surface area contributed by atoms with E-state index in [0.29, 0.717) is 5.69 Å². The fraction of sp³-hybridized carbons (Fsp3) is 0.333. The molecule has 0 saturated heterocycles. The number of rotatable bonds is 4. The van der Waals surface area contributed by atoms with E-state index in [1.54, 1.807) is 0 Å². The van der Waals surface area contributed by atoms with Crippen LogP contribution in [0.15, 0.2) is 36.4 Å². The van der Waals surface area contributed by atoms with Crippen LogP contribution in [-0.4, -0.2) is 11.9 Å². The number of fused-ring (bicyclic) bond motifs is 3. The summed E-state index contributed by atoms with van der Waals surface area (Å²) in [7, 11) is 0. The minimum absolute atomic E-state index is 0.326. The van der Waals surface area contributed by atoms with Crippen LogP contribution in [0.25, 0.3) is 11.1 Å². The molecule has 1 amide bonds. The lowest BCUT2D eigenvalue weighted by Crippen LogP contribution is -2.30. The third-order valence-corrected chi connectivity index (χ3v) is 4.49. The van der Waals surface area contributed by atoms with Crippen molar-refractivity contribution in [3.05, 3.63) is 53.1 Å². The fourth-order valence-electron chi connectivity index (χ4n) is 3.34. The largest absolute Gasteiger partial charge is 0.334 e. The summed E-state index contributed by atoms with van der Waals surface area (Å²) in [6.07, 6.45) is 4.34. The quantitative estimate of drug-likeness (QED) is 0.662. The van der Waals surface area contributed by atoms with Gasteiger partial charge in [-0.1, -0.05) is 37.6 Å². The summed E-state index contributed by atoms with van der Waals surface area (Å²) in [5.74, 6) is -0.841. The number of hydrogen-bond donors (Lipinski definition) is 0. The van der Waals surface area contributed by atoms with Crippen LogP contribution in [0.1, 0.15) is 50.3 Å².